The lowest BCUT2D eigenvalue weighted by Gasteiger charge is -2.11. The monoisotopic (exact) mass is 457 g/mol. The summed E-state index contributed by atoms with van der Waals surface area (Å²) in [6.45, 7) is 3.82. The Morgan fingerprint density at radius 1 is 1.10 bits per heavy atom. The zero-order valence-corrected chi connectivity index (χ0v) is 18.2. The Labute approximate surface area is 185 Å². The van der Waals surface area contributed by atoms with Crippen LogP contribution in [0.25, 0.3) is 17.1 Å². The second-order valence-corrected chi connectivity index (χ2v) is 8.74. The van der Waals surface area contributed by atoms with Crippen LogP contribution in [0.4, 0.5) is 13.9 Å². The second-order valence-electron chi connectivity index (χ2n) is 6.60. The van der Waals surface area contributed by atoms with Gasteiger partial charge in [0.15, 0.2) is 16.1 Å². The van der Waals surface area contributed by atoms with Gasteiger partial charge in [0, 0.05) is 10.6 Å². The number of thioether (sulfide) groups is 1. The van der Waals surface area contributed by atoms with Crippen molar-refractivity contribution in [1.82, 2.24) is 19.7 Å². The number of hydrogen-bond donors (Lipinski definition) is 1. The summed E-state index contributed by atoms with van der Waals surface area (Å²) in [4.78, 5) is 17.7. The molecule has 0 aliphatic rings. The molecular formula is C21H17F2N5OS2. The van der Waals surface area contributed by atoms with Gasteiger partial charge in [0.2, 0.25) is 5.91 Å². The third-order valence-electron chi connectivity index (χ3n) is 4.44. The van der Waals surface area contributed by atoms with Gasteiger partial charge in [-0.2, -0.15) is 0 Å². The summed E-state index contributed by atoms with van der Waals surface area (Å²) in [7, 11) is 0. The third-order valence-corrected chi connectivity index (χ3v) is 6.36. The summed E-state index contributed by atoms with van der Waals surface area (Å²) < 4.78 is 29.5. The predicted molar refractivity (Wildman–Crippen MR) is 118 cm³/mol. The van der Waals surface area contributed by atoms with Crippen molar-refractivity contribution >= 4 is 34.1 Å². The number of rotatable bonds is 6. The highest BCUT2D eigenvalue weighted by atomic mass is 32.2. The molecule has 6 nitrogen and oxygen atoms in total. The maximum atomic E-state index is 14.4. The van der Waals surface area contributed by atoms with Crippen LogP contribution in [0, 0.1) is 25.5 Å². The average molecular weight is 458 g/mol. The Morgan fingerprint density at radius 2 is 1.84 bits per heavy atom. The van der Waals surface area contributed by atoms with E-state index in [1.54, 1.807) is 34.9 Å². The molecule has 4 aromatic rings. The zero-order chi connectivity index (χ0) is 22.0. The highest BCUT2D eigenvalue weighted by Gasteiger charge is 2.20. The number of nitrogens with zero attached hydrogens (tertiary/aromatic N) is 4. The molecule has 2 aromatic carbocycles. The van der Waals surface area contributed by atoms with Gasteiger partial charge in [0.1, 0.15) is 11.6 Å². The highest BCUT2D eigenvalue weighted by Crippen LogP contribution is 2.30. The van der Waals surface area contributed by atoms with Gasteiger partial charge >= 0.3 is 0 Å². The molecule has 0 radical (unpaired) electrons. The first-order valence-corrected chi connectivity index (χ1v) is 11.1. The lowest BCUT2D eigenvalue weighted by Crippen LogP contribution is -2.14. The van der Waals surface area contributed by atoms with E-state index in [0.717, 1.165) is 22.3 Å². The molecule has 0 spiro atoms. The molecule has 0 aliphatic carbocycles. The SMILES string of the molecule is Cc1nc(NC(=O)CSc2nnc(-c3ccccc3F)n2-c2ccc(F)cc2)sc1C. The fraction of sp³-hybridized carbons (Fsp3) is 0.143. The molecule has 0 bridgehead atoms. The normalized spacial score (nSPS) is 11.0. The van der Waals surface area contributed by atoms with Crippen LogP contribution in [-0.4, -0.2) is 31.4 Å². The second kappa shape index (κ2) is 8.94. The summed E-state index contributed by atoms with van der Waals surface area (Å²) in [6.07, 6.45) is 0. The van der Waals surface area contributed by atoms with Gasteiger partial charge in [-0.1, -0.05) is 23.9 Å². The van der Waals surface area contributed by atoms with Crippen molar-refractivity contribution in [1.29, 1.82) is 0 Å². The first-order valence-electron chi connectivity index (χ1n) is 9.25. The molecule has 10 heteroatoms. The minimum absolute atomic E-state index is 0.0499. The minimum Gasteiger partial charge on any atom is -0.301 e. The number of aryl methyl sites for hydroxylation is 2. The molecule has 1 N–H and O–H groups in total. The molecule has 31 heavy (non-hydrogen) atoms. The maximum Gasteiger partial charge on any atom is 0.236 e. The first kappa shape index (κ1) is 21.1. The summed E-state index contributed by atoms with van der Waals surface area (Å²) in [5, 5.41) is 12.0. The summed E-state index contributed by atoms with van der Waals surface area (Å²) >= 11 is 2.55. The number of anilines is 1. The van der Waals surface area contributed by atoms with E-state index in [2.05, 4.69) is 20.5 Å². The number of carbonyl (C=O) groups excluding carboxylic acids is 1. The van der Waals surface area contributed by atoms with Gasteiger partial charge in [0.25, 0.3) is 0 Å². The van der Waals surface area contributed by atoms with E-state index in [1.165, 1.54) is 29.5 Å². The van der Waals surface area contributed by atoms with Gasteiger partial charge in [-0.15, -0.1) is 21.5 Å². The lowest BCUT2D eigenvalue weighted by molar-refractivity contribution is -0.113. The summed E-state index contributed by atoms with van der Waals surface area (Å²) in [6, 6.07) is 11.9. The molecular weight excluding hydrogens is 440 g/mol. The highest BCUT2D eigenvalue weighted by molar-refractivity contribution is 7.99. The van der Waals surface area contributed by atoms with Gasteiger partial charge in [-0.3, -0.25) is 9.36 Å². The van der Waals surface area contributed by atoms with Crippen molar-refractivity contribution in [3.05, 3.63) is 70.7 Å². The molecule has 0 saturated carbocycles. The van der Waals surface area contributed by atoms with Gasteiger partial charge in [0.05, 0.1) is 17.0 Å². The molecule has 0 unspecified atom stereocenters. The van der Waals surface area contributed by atoms with Crippen LogP contribution in [0.5, 0.6) is 0 Å². The molecule has 1 amide bonds. The fourth-order valence-corrected chi connectivity index (χ4v) is 4.40. The van der Waals surface area contributed by atoms with E-state index in [4.69, 9.17) is 0 Å². The van der Waals surface area contributed by atoms with Crippen LogP contribution in [0.15, 0.2) is 53.7 Å². The Hall–Kier alpha value is -3.11. The van der Waals surface area contributed by atoms with Crippen LogP contribution in [0.1, 0.15) is 10.6 Å². The predicted octanol–water partition coefficient (Wildman–Crippen LogP) is 5.02. The van der Waals surface area contributed by atoms with Crippen LogP contribution in [0.2, 0.25) is 0 Å². The Bertz CT molecular complexity index is 1220. The number of amides is 1. The van der Waals surface area contributed by atoms with Crippen molar-refractivity contribution in [2.75, 3.05) is 11.1 Å². The van der Waals surface area contributed by atoms with Crippen LogP contribution in [-0.2, 0) is 4.79 Å². The fourth-order valence-electron chi connectivity index (χ4n) is 2.81. The molecule has 158 valence electrons. The lowest BCUT2D eigenvalue weighted by atomic mass is 10.2. The van der Waals surface area contributed by atoms with Gasteiger partial charge in [-0.25, -0.2) is 13.8 Å². The number of carbonyl (C=O) groups is 1. The molecule has 2 aromatic heterocycles. The van der Waals surface area contributed by atoms with E-state index in [9.17, 15) is 13.6 Å². The number of hydrogen-bond acceptors (Lipinski definition) is 6. The van der Waals surface area contributed by atoms with Crippen LogP contribution in [0.3, 0.4) is 0 Å². The Kier molecular flexibility index (Phi) is 6.10. The van der Waals surface area contributed by atoms with E-state index in [-0.39, 0.29) is 23.0 Å². The number of thiazole rings is 1. The van der Waals surface area contributed by atoms with Crippen molar-refractivity contribution < 1.29 is 13.6 Å². The zero-order valence-electron chi connectivity index (χ0n) is 16.6. The number of benzene rings is 2. The maximum absolute atomic E-state index is 14.4. The third kappa shape index (κ3) is 4.64. The first-order chi connectivity index (χ1) is 14.9. The summed E-state index contributed by atoms with van der Waals surface area (Å²) in [5.41, 5.74) is 1.68. The van der Waals surface area contributed by atoms with E-state index in [0.29, 0.717) is 16.0 Å². The van der Waals surface area contributed by atoms with Crippen molar-refractivity contribution in [3.63, 3.8) is 0 Å². The molecule has 4 rings (SSSR count). The summed E-state index contributed by atoms with van der Waals surface area (Å²) in [5.74, 6) is -0.790. The molecule has 2 heterocycles. The number of nitrogens with one attached hydrogen (secondary N) is 1. The van der Waals surface area contributed by atoms with Crippen molar-refractivity contribution in [2.45, 2.75) is 19.0 Å². The quantitative estimate of drug-likeness (QED) is 0.412. The van der Waals surface area contributed by atoms with E-state index >= 15 is 0 Å². The molecule has 0 fully saturated rings. The van der Waals surface area contributed by atoms with Crippen molar-refractivity contribution in [2.24, 2.45) is 0 Å². The molecule has 0 aliphatic heterocycles. The van der Waals surface area contributed by atoms with Crippen LogP contribution < -0.4 is 5.32 Å². The minimum atomic E-state index is -0.456. The van der Waals surface area contributed by atoms with E-state index < -0.39 is 11.6 Å². The molecule has 0 saturated heterocycles. The molecule has 0 atom stereocenters. The smallest absolute Gasteiger partial charge is 0.236 e. The van der Waals surface area contributed by atoms with Gasteiger partial charge in [-0.05, 0) is 50.2 Å². The average Bonchev–Trinajstić information content (AvgIpc) is 3.30. The largest absolute Gasteiger partial charge is 0.301 e. The topological polar surface area (TPSA) is 72.7 Å². The van der Waals surface area contributed by atoms with Crippen LogP contribution >= 0.6 is 23.1 Å². The van der Waals surface area contributed by atoms with Gasteiger partial charge < -0.3 is 5.32 Å². The Balaban J connectivity index is 1.62. The Morgan fingerprint density at radius 3 is 2.52 bits per heavy atom. The van der Waals surface area contributed by atoms with Crippen molar-refractivity contribution in [3.8, 4) is 17.1 Å². The van der Waals surface area contributed by atoms with E-state index in [1.807, 2.05) is 13.8 Å². The number of halogens is 2. The standard InChI is InChI=1S/C21H17F2N5OS2/c1-12-13(2)31-20(24-12)25-18(29)11-30-21-27-26-19(16-5-3-4-6-17(16)23)28(21)15-9-7-14(22)8-10-15/h3-10H,11H2,1-2H3,(H,24,25,29). The number of aromatic nitrogens is 4.